The van der Waals surface area contributed by atoms with Gasteiger partial charge < -0.3 is 4.74 Å². The fraction of sp³-hybridized carbons (Fsp3) is 0.600. The highest BCUT2D eigenvalue weighted by molar-refractivity contribution is 9.10. The number of ether oxygens (including phenoxy) is 1. The first-order valence-corrected chi connectivity index (χ1v) is 5.71. The van der Waals surface area contributed by atoms with Crippen molar-refractivity contribution in [2.75, 3.05) is 7.11 Å². The lowest BCUT2D eigenvalue weighted by atomic mass is 10.1. The SMILES string of the molecule is COC(=O)Cc1nn(C)c(Br)c1C1CC1. The van der Waals surface area contributed by atoms with Crippen molar-refractivity contribution in [3.8, 4) is 0 Å². The van der Waals surface area contributed by atoms with E-state index in [0.717, 1.165) is 10.3 Å². The molecule has 0 bridgehead atoms. The van der Waals surface area contributed by atoms with E-state index in [1.807, 2.05) is 7.05 Å². The van der Waals surface area contributed by atoms with Gasteiger partial charge in [0.05, 0.1) is 19.2 Å². The van der Waals surface area contributed by atoms with Crippen LogP contribution in [-0.4, -0.2) is 22.9 Å². The number of hydrogen-bond acceptors (Lipinski definition) is 3. The molecule has 4 nitrogen and oxygen atoms in total. The molecular formula is C10H13BrN2O2. The molecule has 0 unspecified atom stereocenters. The maximum Gasteiger partial charge on any atom is 0.311 e. The van der Waals surface area contributed by atoms with E-state index in [9.17, 15) is 4.79 Å². The van der Waals surface area contributed by atoms with Gasteiger partial charge in [0.1, 0.15) is 4.60 Å². The first kappa shape index (κ1) is 10.7. The highest BCUT2D eigenvalue weighted by Crippen LogP contribution is 2.44. The predicted octanol–water partition coefficient (Wildman–Crippen LogP) is 1.78. The number of esters is 1. The molecule has 0 radical (unpaired) electrons. The van der Waals surface area contributed by atoms with Gasteiger partial charge in [0.25, 0.3) is 0 Å². The van der Waals surface area contributed by atoms with Crippen LogP contribution in [0.3, 0.4) is 0 Å². The molecule has 1 aromatic heterocycles. The lowest BCUT2D eigenvalue weighted by Gasteiger charge is -1.99. The Balaban J connectivity index is 2.29. The topological polar surface area (TPSA) is 44.1 Å². The van der Waals surface area contributed by atoms with Crippen molar-refractivity contribution < 1.29 is 9.53 Å². The summed E-state index contributed by atoms with van der Waals surface area (Å²) in [7, 11) is 3.27. The average molecular weight is 273 g/mol. The number of nitrogens with zero attached hydrogens (tertiary/aromatic N) is 2. The lowest BCUT2D eigenvalue weighted by Crippen LogP contribution is -2.06. The van der Waals surface area contributed by atoms with E-state index >= 15 is 0 Å². The monoisotopic (exact) mass is 272 g/mol. The Morgan fingerprint density at radius 1 is 1.67 bits per heavy atom. The van der Waals surface area contributed by atoms with Gasteiger partial charge in [-0.05, 0) is 34.7 Å². The molecule has 15 heavy (non-hydrogen) atoms. The second-order valence-electron chi connectivity index (χ2n) is 3.80. The van der Waals surface area contributed by atoms with E-state index in [4.69, 9.17) is 0 Å². The van der Waals surface area contributed by atoms with E-state index < -0.39 is 0 Å². The second-order valence-corrected chi connectivity index (χ2v) is 4.55. The second kappa shape index (κ2) is 3.96. The fourth-order valence-electron chi connectivity index (χ4n) is 1.69. The van der Waals surface area contributed by atoms with Crippen LogP contribution in [0.2, 0.25) is 0 Å². The van der Waals surface area contributed by atoms with Crippen LogP contribution < -0.4 is 0 Å². The Bertz CT molecular complexity index is 396. The standard InChI is InChI=1S/C10H13BrN2O2/c1-13-10(11)9(6-3-4-6)7(12-13)5-8(14)15-2/h6H,3-5H2,1-2H3. The third-order valence-corrected chi connectivity index (χ3v) is 3.55. The van der Waals surface area contributed by atoms with Crippen molar-refractivity contribution in [3.05, 3.63) is 15.9 Å². The van der Waals surface area contributed by atoms with Crippen molar-refractivity contribution in [2.45, 2.75) is 25.2 Å². The predicted molar refractivity (Wildman–Crippen MR) is 58.6 cm³/mol. The molecule has 0 amide bonds. The minimum atomic E-state index is -0.234. The summed E-state index contributed by atoms with van der Waals surface area (Å²) in [5.74, 6) is 0.343. The molecule has 5 heteroatoms. The van der Waals surface area contributed by atoms with E-state index in [1.165, 1.54) is 25.5 Å². The van der Waals surface area contributed by atoms with Gasteiger partial charge in [-0.25, -0.2) is 0 Å². The summed E-state index contributed by atoms with van der Waals surface area (Å²) < 4.78 is 7.41. The molecular weight excluding hydrogens is 260 g/mol. The molecule has 1 aliphatic carbocycles. The molecule has 0 atom stereocenters. The molecule has 2 rings (SSSR count). The molecule has 1 aliphatic rings. The van der Waals surface area contributed by atoms with E-state index in [2.05, 4.69) is 25.8 Å². The van der Waals surface area contributed by atoms with Gasteiger partial charge in [0, 0.05) is 12.6 Å². The lowest BCUT2D eigenvalue weighted by molar-refractivity contribution is -0.139. The van der Waals surface area contributed by atoms with Crippen LogP contribution in [0.5, 0.6) is 0 Å². The summed E-state index contributed by atoms with van der Waals surface area (Å²) in [6, 6.07) is 0. The summed E-state index contributed by atoms with van der Waals surface area (Å²) >= 11 is 3.50. The summed E-state index contributed by atoms with van der Waals surface area (Å²) in [5.41, 5.74) is 2.03. The zero-order valence-electron chi connectivity index (χ0n) is 8.79. The van der Waals surface area contributed by atoms with E-state index in [-0.39, 0.29) is 12.4 Å². The third-order valence-electron chi connectivity index (χ3n) is 2.61. The van der Waals surface area contributed by atoms with E-state index in [0.29, 0.717) is 5.92 Å². The zero-order chi connectivity index (χ0) is 11.0. The summed E-state index contributed by atoms with van der Waals surface area (Å²) in [6.07, 6.45) is 2.65. The number of carbonyl (C=O) groups excluding carboxylic acids is 1. The van der Waals surface area contributed by atoms with E-state index in [1.54, 1.807) is 4.68 Å². The molecule has 82 valence electrons. The molecule has 1 heterocycles. The maximum absolute atomic E-state index is 11.2. The molecule has 0 spiro atoms. The number of halogens is 1. The van der Waals surface area contributed by atoms with Crippen LogP contribution in [0.15, 0.2) is 4.60 Å². The average Bonchev–Trinajstić information content (AvgIpc) is 2.97. The highest BCUT2D eigenvalue weighted by Gasteiger charge is 2.31. The molecule has 0 saturated heterocycles. The van der Waals surface area contributed by atoms with Crippen molar-refractivity contribution in [1.82, 2.24) is 9.78 Å². The summed E-state index contributed by atoms with van der Waals surface area (Å²) in [5, 5.41) is 4.33. The summed E-state index contributed by atoms with van der Waals surface area (Å²) in [4.78, 5) is 11.2. The Kier molecular flexibility index (Phi) is 2.82. The molecule has 0 N–H and O–H groups in total. The molecule has 0 aliphatic heterocycles. The van der Waals surface area contributed by atoms with Gasteiger partial charge in [-0.2, -0.15) is 5.10 Å². The molecule has 1 saturated carbocycles. The van der Waals surface area contributed by atoms with Crippen LogP contribution in [0.25, 0.3) is 0 Å². The van der Waals surface area contributed by atoms with Crippen molar-refractivity contribution in [2.24, 2.45) is 7.05 Å². The van der Waals surface area contributed by atoms with Crippen LogP contribution in [0.4, 0.5) is 0 Å². The van der Waals surface area contributed by atoms with Gasteiger partial charge in [-0.1, -0.05) is 0 Å². The van der Waals surface area contributed by atoms with Crippen molar-refractivity contribution >= 4 is 21.9 Å². The first-order valence-electron chi connectivity index (χ1n) is 4.91. The van der Waals surface area contributed by atoms with Gasteiger partial charge in [-0.15, -0.1) is 0 Å². The normalized spacial score (nSPS) is 15.4. The van der Waals surface area contributed by atoms with Crippen LogP contribution in [0.1, 0.15) is 30.0 Å². The highest BCUT2D eigenvalue weighted by atomic mass is 79.9. The van der Waals surface area contributed by atoms with Gasteiger partial charge in [0.15, 0.2) is 0 Å². The van der Waals surface area contributed by atoms with Gasteiger partial charge in [0.2, 0.25) is 0 Å². The Hall–Kier alpha value is -0.840. The number of carbonyl (C=O) groups is 1. The fourth-order valence-corrected chi connectivity index (χ4v) is 2.32. The number of hydrogen-bond donors (Lipinski definition) is 0. The van der Waals surface area contributed by atoms with Crippen LogP contribution >= 0.6 is 15.9 Å². The quantitative estimate of drug-likeness (QED) is 0.788. The number of methoxy groups -OCH3 is 1. The third kappa shape index (κ3) is 2.07. The Morgan fingerprint density at radius 2 is 2.33 bits per heavy atom. The summed E-state index contributed by atoms with van der Waals surface area (Å²) in [6.45, 7) is 0. The number of aryl methyl sites for hydroxylation is 1. The number of rotatable bonds is 3. The molecule has 1 fully saturated rings. The Morgan fingerprint density at radius 3 is 2.87 bits per heavy atom. The molecule has 1 aromatic rings. The van der Waals surface area contributed by atoms with Crippen LogP contribution in [-0.2, 0) is 23.0 Å². The first-order chi connectivity index (χ1) is 7.13. The van der Waals surface area contributed by atoms with Crippen molar-refractivity contribution in [1.29, 1.82) is 0 Å². The Labute approximate surface area is 96.7 Å². The molecule has 0 aromatic carbocycles. The smallest absolute Gasteiger partial charge is 0.311 e. The van der Waals surface area contributed by atoms with Crippen molar-refractivity contribution in [3.63, 3.8) is 0 Å². The zero-order valence-corrected chi connectivity index (χ0v) is 10.4. The maximum atomic E-state index is 11.2. The van der Waals surface area contributed by atoms with Gasteiger partial charge >= 0.3 is 5.97 Å². The number of aromatic nitrogens is 2. The minimum absolute atomic E-state index is 0.234. The van der Waals surface area contributed by atoms with Gasteiger partial charge in [-0.3, -0.25) is 9.48 Å². The largest absolute Gasteiger partial charge is 0.469 e. The van der Waals surface area contributed by atoms with Crippen LogP contribution in [0, 0.1) is 0 Å². The minimum Gasteiger partial charge on any atom is -0.469 e.